The molecule has 1 fully saturated rings. The van der Waals surface area contributed by atoms with Crippen LogP contribution < -0.4 is 15.8 Å². The highest BCUT2D eigenvalue weighted by molar-refractivity contribution is 5.77. The molecule has 0 spiro atoms. The maximum absolute atomic E-state index is 12.5. The number of nitrogens with zero attached hydrogens (tertiary/aromatic N) is 7. The van der Waals surface area contributed by atoms with Crippen molar-refractivity contribution in [2.24, 2.45) is 7.05 Å². The third-order valence-corrected chi connectivity index (χ3v) is 5.92. The molecule has 33 heavy (non-hydrogen) atoms. The van der Waals surface area contributed by atoms with Gasteiger partial charge in [-0.25, -0.2) is 9.67 Å². The Balaban J connectivity index is 1.40. The molecule has 1 aromatic carbocycles. The van der Waals surface area contributed by atoms with E-state index in [9.17, 15) is 9.59 Å². The number of carbonyl (C=O) groups excluding carboxylic acids is 1. The van der Waals surface area contributed by atoms with Gasteiger partial charge < -0.3 is 15.1 Å². The Morgan fingerprint density at radius 2 is 1.88 bits per heavy atom. The minimum Gasteiger partial charge on any atom is -0.369 e. The summed E-state index contributed by atoms with van der Waals surface area (Å²) in [5, 5.41) is 3.70. The van der Waals surface area contributed by atoms with Crippen molar-refractivity contribution in [3.05, 3.63) is 53.5 Å². The third kappa shape index (κ3) is 4.75. The van der Waals surface area contributed by atoms with Crippen LogP contribution in [-0.4, -0.2) is 81.9 Å². The molecular weight excluding hydrogens is 420 g/mol. The van der Waals surface area contributed by atoms with Crippen LogP contribution in [0.15, 0.2) is 47.9 Å². The monoisotopic (exact) mass is 450 g/mol. The molecule has 1 aliphatic rings. The van der Waals surface area contributed by atoms with Crippen LogP contribution in [0.25, 0.3) is 11.0 Å². The van der Waals surface area contributed by atoms with Gasteiger partial charge in [-0.3, -0.25) is 19.2 Å². The third-order valence-electron chi connectivity index (χ3n) is 5.92. The molecule has 1 aliphatic heterocycles. The van der Waals surface area contributed by atoms with Crippen LogP contribution in [0.1, 0.15) is 0 Å². The second-order valence-corrected chi connectivity index (χ2v) is 8.35. The van der Waals surface area contributed by atoms with Crippen LogP contribution in [0.5, 0.6) is 0 Å². The van der Waals surface area contributed by atoms with E-state index in [2.05, 4.69) is 43.8 Å². The minimum atomic E-state index is -0.130. The highest BCUT2D eigenvalue weighted by Gasteiger charge is 2.20. The van der Waals surface area contributed by atoms with E-state index in [1.807, 2.05) is 12.1 Å². The van der Waals surface area contributed by atoms with Gasteiger partial charge in [-0.05, 0) is 24.3 Å². The molecule has 2 aromatic heterocycles. The van der Waals surface area contributed by atoms with Gasteiger partial charge in [-0.15, -0.1) is 6.58 Å². The number of aromatic nitrogens is 4. The molecule has 1 N–H and O–H groups in total. The highest BCUT2D eigenvalue weighted by atomic mass is 16.2. The van der Waals surface area contributed by atoms with Crippen LogP contribution in [0.4, 0.5) is 17.3 Å². The first-order valence-electron chi connectivity index (χ1n) is 11.0. The number of aryl methyl sites for hydroxylation is 1. The Bertz CT molecular complexity index is 1200. The van der Waals surface area contributed by atoms with Crippen molar-refractivity contribution in [2.45, 2.75) is 6.54 Å². The van der Waals surface area contributed by atoms with Gasteiger partial charge in [-0.1, -0.05) is 6.08 Å². The van der Waals surface area contributed by atoms with Crippen molar-refractivity contribution >= 4 is 34.3 Å². The summed E-state index contributed by atoms with van der Waals surface area (Å²) < 4.78 is 3.29. The van der Waals surface area contributed by atoms with Crippen LogP contribution in [0.2, 0.25) is 0 Å². The smallest absolute Gasteiger partial charge is 0.278 e. The molecule has 1 saturated heterocycles. The number of hydrogen-bond acceptors (Lipinski definition) is 7. The molecule has 0 bridgehead atoms. The number of allylic oxidation sites excluding steroid dienone is 1. The summed E-state index contributed by atoms with van der Waals surface area (Å²) in [5.41, 5.74) is 2.44. The number of hydrogen-bond donors (Lipinski definition) is 1. The predicted octanol–water partition coefficient (Wildman–Crippen LogP) is 1.27. The fourth-order valence-corrected chi connectivity index (χ4v) is 3.93. The number of amides is 1. The molecular formula is C23H30N8O2. The van der Waals surface area contributed by atoms with E-state index in [0.717, 1.165) is 37.6 Å². The SMILES string of the molecule is C=CCn1c(=O)c2cnc(Nc3ccc(N4CCN(CC(=O)N(C)C)CC4)cc3)nc2n1C. The lowest BCUT2D eigenvalue weighted by Crippen LogP contribution is -2.49. The summed E-state index contributed by atoms with van der Waals surface area (Å²) in [6.07, 6.45) is 3.24. The van der Waals surface area contributed by atoms with E-state index in [4.69, 9.17) is 0 Å². The molecule has 0 atom stereocenters. The Morgan fingerprint density at radius 1 is 1.18 bits per heavy atom. The van der Waals surface area contributed by atoms with Gasteiger partial charge in [0.1, 0.15) is 5.39 Å². The Morgan fingerprint density at radius 3 is 2.52 bits per heavy atom. The lowest BCUT2D eigenvalue weighted by molar-refractivity contribution is -0.129. The average Bonchev–Trinajstić information content (AvgIpc) is 3.05. The minimum absolute atomic E-state index is 0.130. The molecule has 4 rings (SSSR count). The molecule has 3 heterocycles. The van der Waals surface area contributed by atoms with E-state index in [-0.39, 0.29) is 11.5 Å². The van der Waals surface area contributed by atoms with Gasteiger partial charge in [0, 0.05) is 64.9 Å². The molecule has 3 aromatic rings. The number of fused-ring (bicyclic) bond motifs is 1. The average molecular weight is 451 g/mol. The summed E-state index contributed by atoms with van der Waals surface area (Å²) in [5.74, 6) is 0.567. The van der Waals surface area contributed by atoms with Crippen molar-refractivity contribution in [3.8, 4) is 0 Å². The second-order valence-electron chi connectivity index (χ2n) is 8.35. The van der Waals surface area contributed by atoms with Gasteiger partial charge in [0.05, 0.1) is 13.1 Å². The molecule has 0 saturated carbocycles. The Hall–Kier alpha value is -3.66. The van der Waals surface area contributed by atoms with Crippen LogP contribution in [0.3, 0.4) is 0 Å². The summed E-state index contributed by atoms with van der Waals surface area (Å²) in [7, 11) is 5.38. The van der Waals surface area contributed by atoms with E-state index < -0.39 is 0 Å². The van der Waals surface area contributed by atoms with E-state index in [1.54, 1.807) is 47.7 Å². The molecule has 0 aliphatic carbocycles. The van der Waals surface area contributed by atoms with E-state index >= 15 is 0 Å². The van der Waals surface area contributed by atoms with E-state index in [0.29, 0.717) is 30.1 Å². The maximum Gasteiger partial charge on any atom is 0.278 e. The normalized spacial score (nSPS) is 14.5. The van der Waals surface area contributed by atoms with Crippen molar-refractivity contribution < 1.29 is 4.79 Å². The van der Waals surface area contributed by atoms with Crippen LogP contribution in [-0.2, 0) is 18.4 Å². The van der Waals surface area contributed by atoms with Crippen molar-refractivity contribution in [1.82, 2.24) is 29.1 Å². The fourth-order valence-electron chi connectivity index (χ4n) is 3.93. The lowest BCUT2D eigenvalue weighted by atomic mass is 10.2. The first kappa shape index (κ1) is 22.5. The van der Waals surface area contributed by atoms with E-state index in [1.165, 1.54) is 0 Å². The molecule has 174 valence electrons. The largest absolute Gasteiger partial charge is 0.369 e. The number of piperazine rings is 1. The lowest BCUT2D eigenvalue weighted by Gasteiger charge is -2.36. The molecule has 0 unspecified atom stereocenters. The number of nitrogens with one attached hydrogen (secondary N) is 1. The summed E-state index contributed by atoms with van der Waals surface area (Å²) in [4.78, 5) is 39.4. The number of rotatable bonds is 7. The second kappa shape index (κ2) is 9.45. The Labute approximate surface area is 192 Å². The predicted molar refractivity (Wildman–Crippen MR) is 130 cm³/mol. The molecule has 1 amide bonds. The number of carbonyl (C=O) groups is 1. The fraction of sp³-hybridized carbons (Fsp3) is 0.391. The molecule has 10 nitrogen and oxygen atoms in total. The zero-order chi connectivity index (χ0) is 23.5. The number of benzene rings is 1. The topological polar surface area (TPSA) is 91.5 Å². The highest BCUT2D eigenvalue weighted by Crippen LogP contribution is 2.21. The van der Waals surface area contributed by atoms with Gasteiger partial charge in [0.15, 0.2) is 5.65 Å². The summed E-state index contributed by atoms with van der Waals surface area (Å²) in [6.45, 7) is 8.06. The van der Waals surface area contributed by atoms with Gasteiger partial charge >= 0.3 is 0 Å². The van der Waals surface area contributed by atoms with Gasteiger partial charge in [0.25, 0.3) is 5.56 Å². The summed E-state index contributed by atoms with van der Waals surface area (Å²) >= 11 is 0. The van der Waals surface area contributed by atoms with Crippen molar-refractivity contribution in [2.75, 3.05) is 57.0 Å². The first-order chi connectivity index (χ1) is 15.9. The van der Waals surface area contributed by atoms with Crippen LogP contribution >= 0.6 is 0 Å². The molecule has 0 radical (unpaired) electrons. The number of anilines is 3. The first-order valence-corrected chi connectivity index (χ1v) is 11.0. The van der Waals surface area contributed by atoms with Gasteiger partial charge in [0.2, 0.25) is 11.9 Å². The number of likely N-dealkylation sites (N-methyl/N-ethyl adjacent to an activating group) is 1. The van der Waals surface area contributed by atoms with Crippen LogP contribution in [0, 0.1) is 0 Å². The van der Waals surface area contributed by atoms with Crippen molar-refractivity contribution in [1.29, 1.82) is 0 Å². The summed E-state index contributed by atoms with van der Waals surface area (Å²) in [6, 6.07) is 8.12. The quantitative estimate of drug-likeness (QED) is 0.542. The van der Waals surface area contributed by atoms with Crippen molar-refractivity contribution in [3.63, 3.8) is 0 Å². The Kier molecular flexibility index (Phi) is 6.45. The zero-order valence-corrected chi connectivity index (χ0v) is 19.4. The zero-order valence-electron chi connectivity index (χ0n) is 19.4. The van der Waals surface area contributed by atoms with Gasteiger partial charge in [-0.2, -0.15) is 4.98 Å². The maximum atomic E-state index is 12.5. The molecule has 10 heteroatoms. The standard InChI is InChI=1S/C23H30N8O2/c1-5-10-31-22(33)19-15-24-23(26-21(19)28(31)4)25-17-6-8-18(9-7-17)30-13-11-29(12-14-30)16-20(32)27(2)3/h5-9,15H,1,10-14,16H2,2-4H3,(H,24,25,26).